The van der Waals surface area contributed by atoms with E-state index in [0.717, 1.165) is 12.8 Å². The molecular formula is C14H18N4OS. The molecular weight excluding hydrogens is 272 g/mol. The molecule has 0 bridgehead atoms. The highest BCUT2D eigenvalue weighted by Gasteiger charge is 1.88. The van der Waals surface area contributed by atoms with E-state index in [-0.39, 0.29) is 6.61 Å². The van der Waals surface area contributed by atoms with E-state index in [1.54, 1.807) is 35.4 Å². The molecule has 3 rings (SSSR count). The average Bonchev–Trinajstić information content (AvgIpc) is 3.23. The van der Waals surface area contributed by atoms with Crippen LogP contribution in [0.3, 0.4) is 0 Å². The molecule has 0 radical (unpaired) electrons. The molecule has 3 aromatic rings. The molecule has 0 saturated carbocycles. The molecule has 0 amide bonds. The Labute approximate surface area is 122 Å². The van der Waals surface area contributed by atoms with Crippen molar-refractivity contribution in [3.63, 3.8) is 0 Å². The van der Waals surface area contributed by atoms with Crippen LogP contribution in [-0.4, -0.2) is 32.1 Å². The molecule has 5 nitrogen and oxygen atoms in total. The third-order valence-electron chi connectivity index (χ3n) is 2.14. The first-order chi connectivity index (χ1) is 9.93. The fraction of sp³-hybridized carbons (Fsp3) is 0.214. The van der Waals surface area contributed by atoms with Crippen molar-refractivity contribution in [1.29, 1.82) is 0 Å². The molecule has 2 aromatic heterocycles. The lowest BCUT2D eigenvalue weighted by Crippen LogP contribution is -1.87. The number of hydrogen-bond acceptors (Lipinski definition) is 5. The first kappa shape index (κ1) is 16.0. The summed E-state index contributed by atoms with van der Waals surface area (Å²) < 4.78 is 0. The highest BCUT2D eigenvalue weighted by Crippen LogP contribution is 2.00. The molecule has 0 aliphatic rings. The zero-order valence-electron chi connectivity index (χ0n) is 11.1. The number of benzene rings is 1. The SMILES string of the molecule is OCCCc1ccccc1.c1c[nH]nn1.c1cscn1. The van der Waals surface area contributed by atoms with Crippen molar-refractivity contribution in [2.24, 2.45) is 0 Å². The van der Waals surface area contributed by atoms with Crippen LogP contribution < -0.4 is 0 Å². The van der Waals surface area contributed by atoms with Crippen LogP contribution in [0, 0.1) is 0 Å². The lowest BCUT2D eigenvalue weighted by molar-refractivity contribution is 0.288. The molecule has 0 aliphatic heterocycles. The minimum Gasteiger partial charge on any atom is -0.396 e. The fourth-order valence-electron chi connectivity index (χ4n) is 1.27. The zero-order chi connectivity index (χ0) is 14.3. The van der Waals surface area contributed by atoms with Gasteiger partial charge in [-0.05, 0) is 18.4 Å². The van der Waals surface area contributed by atoms with Gasteiger partial charge in [0.05, 0.1) is 11.7 Å². The Morgan fingerprint density at radius 3 is 2.40 bits per heavy atom. The standard InChI is InChI=1S/C9H12O.C3H3NS.C2H3N3/c10-8-4-7-9-5-2-1-3-6-9;1-2-5-3-4-1;1-2-4-5-3-1/h1-3,5-6,10H,4,7-8H2;1-3H;1-2H,(H,3,4,5). The summed E-state index contributed by atoms with van der Waals surface area (Å²) in [5, 5.41) is 19.7. The summed E-state index contributed by atoms with van der Waals surface area (Å²) in [7, 11) is 0. The van der Waals surface area contributed by atoms with Crippen molar-refractivity contribution in [1.82, 2.24) is 20.4 Å². The van der Waals surface area contributed by atoms with Gasteiger partial charge in [0.1, 0.15) is 0 Å². The molecule has 0 spiro atoms. The van der Waals surface area contributed by atoms with Crippen LogP contribution >= 0.6 is 11.3 Å². The summed E-state index contributed by atoms with van der Waals surface area (Å²) in [6.45, 7) is 0.287. The Kier molecular flexibility index (Phi) is 9.61. The molecule has 0 fully saturated rings. The van der Waals surface area contributed by atoms with Gasteiger partial charge >= 0.3 is 0 Å². The van der Waals surface area contributed by atoms with Crippen molar-refractivity contribution in [2.45, 2.75) is 12.8 Å². The van der Waals surface area contributed by atoms with E-state index >= 15 is 0 Å². The van der Waals surface area contributed by atoms with E-state index in [9.17, 15) is 0 Å². The first-order valence-corrected chi connectivity index (χ1v) is 7.15. The molecule has 1 aromatic carbocycles. The van der Waals surface area contributed by atoms with E-state index in [2.05, 4.69) is 32.5 Å². The number of aliphatic hydroxyl groups is 1. The van der Waals surface area contributed by atoms with Crippen molar-refractivity contribution in [3.05, 3.63) is 65.4 Å². The topological polar surface area (TPSA) is 74.7 Å². The predicted octanol–water partition coefficient (Wildman–Crippen LogP) is 2.56. The van der Waals surface area contributed by atoms with Gasteiger partial charge in [-0.3, -0.25) is 10.1 Å². The quantitative estimate of drug-likeness (QED) is 0.777. The molecule has 0 atom stereocenters. The minimum absolute atomic E-state index is 0.287. The number of H-pyrrole nitrogens is 1. The van der Waals surface area contributed by atoms with Crippen LogP contribution in [0.15, 0.2) is 59.8 Å². The third-order valence-corrected chi connectivity index (χ3v) is 2.67. The molecule has 0 saturated heterocycles. The number of aryl methyl sites for hydroxylation is 1. The average molecular weight is 290 g/mol. The van der Waals surface area contributed by atoms with Crippen LogP contribution in [0.25, 0.3) is 0 Å². The number of thiazole rings is 1. The van der Waals surface area contributed by atoms with Crippen LogP contribution in [0.5, 0.6) is 0 Å². The van der Waals surface area contributed by atoms with Gasteiger partial charge in [-0.25, -0.2) is 0 Å². The summed E-state index contributed by atoms with van der Waals surface area (Å²) >= 11 is 1.60. The Balaban J connectivity index is 0.000000167. The number of nitrogens with zero attached hydrogens (tertiary/aromatic N) is 3. The van der Waals surface area contributed by atoms with Gasteiger partial charge in [-0.2, -0.15) is 0 Å². The number of aromatic nitrogens is 4. The molecule has 2 heterocycles. The zero-order valence-corrected chi connectivity index (χ0v) is 11.9. The summed E-state index contributed by atoms with van der Waals surface area (Å²) in [5.41, 5.74) is 3.09. The second-order valence-corrected chi connectivity index (χ2v) is 4.40. The summed E-state index contributed by atoms with van der Waals surface area (Å²) in [6, 6.07) is 10.2. The largest absolute Gasteiger partial charge is 0.396 e. The third kappa shape index (κ3) is 8.96. The Bertz CT molecular complexity index is 424. The number of rotatable bonds is 3. The lowest BCUT2D eigenvalue weighted by Gasteiger charge is -1.96. The van der Waals surface area contributed by atoms with E-state index < -0.39 is 0 Å². The Morgan fingerprint density at radius 1 is 1.15 bits per heavy atom. The Morgan fingerprint density at radius 2 is 2.00 bits per heavy atom. The molecule has 2 N–H and O–H groups in total. The monoisotopic (exact) mass is 290 g/mol. The molecule has 0 unspecified atom stereocenters. The predicted molar refractivity (Wildman–Crippen MR) is 80.3 cm³/mol. The van der Waals surface area contributed by atoms with Gasteiger partial charge in [0.2, 0.25) is 0 Å². The van der Waals surface area contributed by atoms with Crippen LogP contribution in [0.1, 0.15) is 12.0 Å². The van der Waals surface area contributed by atoms with Crippen molar-refractivity contribution < 1.29 is 5.11 Å². The molecule has 106 valence electrons. The normalized spacial score (nSPS) is 8.85. The second kappa shape index (κ2) is 12.0. The maximum Gasteiger partial charge on any atom is 0.0791 e. The van der Waals surface area contributed by atoms with E-state index in [0.29, 0.717) is 0 Å². The molecule has 20 heavy (non-hydrogen) atoms. The highest BCUT2D eigenvalue weighted by atomic mass is 32.1. The van der Waals surface area contributed by atoms with E-state index in [1.807, 2.05) is 23.6 Å². The summed E-state index contributed by atoms with van der Waals surface area (Å²) in [5.74, 6) is 0. The molecule has 6 heteroatoms. The van der Waals surface area contributed by atoms with Gasteiger partial charge in [0, 0.05) is 24.4 Å². The first-order valence-electron chi connectivity index (χ1n) is 6.21. The molecule has 0 aliphatic carbocycles. The van der Waals surface area contributed by atoms with Crippen LogP contribution in [0.4, 0.5) is 0 Å². The van der Waals surface area contributed by atoms with E-state index in [4.69, 9.17) is 5.11 Å². The van der Waals surface area contributed by atoms with Gasteiger partial charge in [0.15, 0.2) is 0 Å². The number of aliphatic hydroxyl groups excluding tert-OH is 1. The van der Waals surface area contributed by atoms with Crippen molar-refractivity contribution >= 4 is 11.3 Å². The number of aromatic amines is 1. The maximum absolute atomic E-state index is 8.53. The van der Waals surface area contributed by atoms with Gasteiger partial charge in [0.25, 0.3) is 0 Å². The van der Waals surface area contributed by atoms with Crippen LogP contribution in [-0.2, 0) is 6.42 Å². The number of hydrogen-bond donors (Lipinski definition) is 2. The summed E-state index contributed by atoms with van der Waals surface area (Å²) in [6.07, 6.45) is 6.85. The number of nitrogens with one attached hydrogen (secondary N) is 1. The smallest absolute Gasteiger partial charge is 0.0791 e. The Hall–Kier alpha value is -2.05. The minimum atomic E-state index is 0.287. The van der Waals surface area contributed by atoms with Gasteiger partial charge < -0.3 is 5.11 Å². The van der Waals surface area contributed by atoms with Gasteiger partial charge in [-0.1, -0.05) is 35.5 Å². The summed E-state index contributed by atoms with van der Waals surface area (Å²) in [4.78, 5) is 3.74. The second-order valence-electron chi connectivity index (χ2n) is 3.65. The van der Waals surface area contributed by atoms with Gasteiger partial charge in [-0.15, -0.1) is 16.4 Å². The lowest BCUT2D eigenvalue weighted by atomic mass is 10.1. The van der Waals surface area contributed by atoms with Crippen molar-refractivity contribution in [3.8, 4) is 0 Å². The van der Waals surface area contributed by atoms with Crippen molar-refractivity contribution in [2.75, 3.05) is 6.61 Å². The van der Waals surface area contributed by atoms with E-state index in [1.165, 1.54) is 5.56 Å². The highest BCUT2D eigenvalue weighted by molar-refractivity contribution is 7.07. The van der Waals surface area contributed by atoms with Crippen LogP contribution in [0.2, 0.25) is 0 Å². The maximum atomic E-state index is 8.53. The fourth-order valence-corrected chi connectivity index (χ4v) is 1.62.